The second-order valence-corrected chi connectivity index (χ2v) is 10.4. The van der Waals surface area contributed by atoms with Gasteiger partial charge >= 0.3 is 205 Å². The first kappa shape index (κ1) is 28.5. The molecule has 2 N–H and O–H groups in total. The number of carbonyl (C=O) groups is 1. The van der Waals surface area contributed by atoms with E-state index in [1.165, 1.54) is 33.7 Å². The van der Waals surface area contributed by atoms with Gasteiger partial charge in [-0.2, -0.15) is 0 Å². The molecule has 0 bridgehead atoms. The molecule has 0 radical (unpaired) electrons. The van der Waals surface area contributed by atoms with Crippen LogP contribution in [0, 0.1) is 11.8 Å². The molecule has 2 atom stereocenters. The van der Waals surface area contributed by atoms with Crippen LogP contribution in [0.25, 0.3) is 5.52 Å². The van der Waals surface area contributed by atoms with Gasteiger partial charge in [0.25, 0.3) is 0 Å². The molecular formula is C24H29F4N7OSe. The Kier molecular flexibility index (Phi) is 9.59. The van der Waals surface area contributed by atoms with Crippen LogP contribution < -0.4 is 15.2 Å². The fraction of sp³-hybridized carbons (Fsp3) is 0.458. The fourth-order valence-electron chi connectivity index (χ4n) is 3.79. The van der Waals surface area contributed by atoms with Crippen LogP contribution in [0.3, 0.4) is 0 Å². The number of fused-ring (bicyclic) bond motifs is 1. The minimum atomic E-state index is -4.40. The van der Waals surface area contributed by atoms with Gasteiger partial charge in [-0.3, -0.25) is 0 Å². The Labute approximate surface area is 219 Å². The van der Waals surface area contributed by atoms with Gasteiger partial charge < -0.3 is 0 Å². The van der Waals surface area contributed by atoms with Crippen LogP contribution >= 0.6 is 0 Å². The first-order chi connectivity index (χ1) is 17.6. The van der Waals surface area contributed by atoms with E-state index in [0.29, 0.717) is 29.9 Å². The maximum atomic E-state index is 14.5. The number of amides is 1. The molecule has 4 rings (SSSR count). The number of hydrogen-bond donors (Lipinski definition) is 2. The van der Waals surface area contributed by atoms with E-state index in [-0.39, 0.29) is 29.2 Å². The molecule has 200 valence electrons. The molecule has 1 aliphatic heterocycles. The van der Waals surface area contributed by atoms with Gasteiger partial charge in [0.15, 0.2) is 0 Å². The van der Waals surface area contributed by atoms with Crippen LogP contribution in [-0.4, -0.2) is 88.9 Å². The predicted octanol–water partition coefficient (Wildman–Crippen LogP) is 2.18. The number of halogens is 4. The number of hydrogen-bond acceptors (Lipinski definition) is 5. The van der Waals surface area contributed by atoms with Crippen molar-refractivity contribution in [2.24, 2.45) is 7.05 Å². The maximum absolute atomic E-state index is 14.5. The third-order valence-electron chi connectivity index (χ3n) is 5.46. The van der Waals surface area contributed by atoms with Gasteiger partial charge in [0.2, 0.25) is 0 Å². The van der Waals surface area contributed by atoms with Crippen molar-refractivity contribution < 1.29 is 22.4 Å². The summed E-state index contributed by atoms with van der Waals surface area (Å²) in [6.07, 6.45) is 5.19. The summed E-state index contributed by atoms with van der Waals surface area (Å²) in [5.41, 5.74) is 0.935. The average Bonchev–Trinajstić information content (AvgIpc) is 3.43. The van der Waals surface area contributed by atoms with Crippen LogP contribution in [0.15, 0.2) is 30.9 Å². The van der Waals surface area contributed by atoms with E-state index < -0.39 is 32.2 Å². The van der Waals surface area contributed by atoms with E-state index in [9.17, 15) is 22.4 Å². The van der Waals surface area contributed by atoms with Crippen molar-refractivity contribution >= 4 is 36.8 Å². The monoisotopic (exact) mass is 587 g/mol. The molecule has 37 heavy (non-hydrogen) atoms. The Bertz CT molecular complexity index is 1280. The Morgan fingerprint density at radius 2 is 2.05 bits per heavy atom. The summed E-state index contributed by atoms with van der Waals surface area (Å²) in [5, 5.41) is 5.19. The molecule has 1 amide bonds. The molecule has 1 saturated heterocycles. The number of alkyl halides is 4. The summed E-state index contributed by atoms with van der Waals surface area (Å²) in [7, 11) is 3.51. The number of rotatable bonds is 5. The van der Waals surface area contributed by atoms with Crippen molar-refractivity contribution in [3.63, 3.8) is 0 Å². The Morgan fingerprint density at radius 3 is 2.70 bits per heavy atom. The number of carbonyl (C=O) groups excluding carboxylic acids is 1. The molecule has 3 aromatic rings. The van der Waals surface area contributed by atoms with Gasteiger partial charge in [0.1, 0.15) is 0 Å². The van der Waals surface area contributed by atoms with Crippen molar-refractivity contribution in [3.8, 4) is 11.8 Å². The second kappa shape index (κ2) is 12.4. The summed E-state index contributed by atoms with van der Waals surface area (Å²) in [6, 6.07) is 1.03. The minimum absolute atomic E-state index is 0.0108. The van der Waals surface area contributed by atoms with E-state index in [1.807, 2.05) is 25.8 Å². The first-order valence-corrected chi connectivity index (χ1v) is 13.4. The summed E-state index contributed by atoms with van der Waals surface area (Å²) in [4.78, 5) is 18.3. The Balaban J connectivity index is 0.00000186. The number of aryl methyl sites for hydroxylation is 1. The van der Waals surface area contributed by atoms with Crippen molar-refractivity contribution in [1.29, 1.82) is 0 Å². The molecule has 1 fully saturated rings. The topological polar surface area (TPSA) is 79.5 Å². The predicted molar refractivity (Wildman–Crippen MR) is 135 cm³/mol. The van der Waals surface area contributed by atoms with Gasteiger partial charge in [-0.25, -0.2) is 0 Å². The third-order valence-corrected chi connectivity index (χ3v) is 7.22. The molecule has 3 aromatic heterocycles. The normalized spacial score (nSPS) is 17.9. The molecular weight excluding hydrogens is 557 g/mol. The van der Waals surface area contributed by atoms with Crippen LogP contribution in [-0.2, 0) is 7.05 Å². The molecule has 0 saturated carbocycles. The SMILES string of the molecule is CC.CN1CCC(Nc2nccn3c([Se]C(F)(F)F)c(C#CCNC(=O)c4cnn(C)c4)cc23)C(F)C1. The fourth-order valence-corrected chi connectivity index (χ4v) is 5.25. The zero-order valence-corrected chi connectivity index (χ0v) is 22.6. The summed E-state index contributed by atoms with van der Waals surface area (Å²) < 4.78 is 57.6. The number of piperidine rings is 1. The van der Waals surface area contributed by atoms with Gasteiger partial charge in [0.05, 0.1) is 0 Å². The van der Waals surface area contributed by atoms with E-state index >= 15 is 0 Å². The summed E-state index contributed by atoms with van der Waals surface area (Å²) >= 11 is -1.88. The van der Waals surface area contributed by atoms with Crippen LogP contribution in [0.5, 0.6) is 0 Å². The zero-order valence-electron chi connectivity index (χ0n) is 20.9. The van der Waals surface area contributed by atoms with E-state index in [0.717, 1.165) is 0 Å². The molecule has 4 heterocycles. The van der Waals surface area contributed by atoms with Crippen molar-refractivity contribution in [2.75, 3.05) is 32.0 Å². The van der Waals surface area contributed by atoms with Gasteiger partial charge in [-0.1, -0.05) is 13.8 Å². The molecule has 1 aliphatic rings. The van der Waals surface area contributed by atoms with Gasteiger partial charge in [-0.15, -0.1) is 0 Å². The standard InChI is InChI=1S/C22H23F4N7OSe.C2H6/c1-31-8-5-17(16(23)13-31)30-19-18-10-14(21(35-22(24,25)26)33(18)9-7-27-19)4-3-6-28-20(34)15-11-29-32(2)12-15;1-2/h7,9-12,16-17H,5-6,8,13H2,1-2H3,(H,27,30)(H,28,34);1-2H3. The number of nitrogens with zero attached hydrogens (tertiary/aromatic N) is 5. The zero-order chi connectivity index (χ0) is 27.2. The van der Waals surface area contributed by atoms with Crippen molar-refractivity contribution in [3.05, 3.63) is 42.0 Å². The molecule has 0 spiro atoms. The number of nitrogens with one attached hydrogen (secondary N) is 2. The quantitative estimate of drug-likeness (QED) is 0.273. The van der Waals surface area contributed by atoms with Crippen molar-refractivity contribution in [1.82, 2.24) is 29.4 Å². The Hall–Kier alpha value is -3.07. The third kappa shape index (κ3) is 7.47. The van der Waals surface area contributed by atoms with Crippen LogP contribution in [0.4, 0.5) is 23.4 Å². The first-order valence-electron chi connectivity index (χ1n) is 11.7. The van der Waals surface area contributed by atoms with Gasteiger partial charge in [-0.05, 0) is 0 Å². The van der Waals surface area contributed by atoms with E-state index in [2.05, 4.69) is 32.6 Å². The van der Waals surface area contributed by atoms with Crippen molar-refractivity contribution in [2.45, 2.75) is 37.6 Å². The number of anilines is 1. The molecule has 2 unspecified atom stereocenters. The van der Waals surface area contributed by atoms with E-state index in [1.54, 1.807) is 13.2 Å². The number of aromatic nitrogens is 4. The van der Waals surface area contributed by atoms with E-state index in [4.69, 9.17) is 0 Å². The summed E-state index contributed by atoms with van der Waals surface area (Å²) in [6.45, 7) is 4.92. The van der Waals surface area contributed by atoms with Crippen LogP contribution in [0.1, 0.15) is 36.2 Å². The van der Waals surface area contributed by atoms with Gasteiger partial charge in [0, 0.05) is 0 Å². The number of likely N-dealkylation sites (tertiary alicyclic amines) is 1. The average molecular weight is 586 g/mol. The molecule has 13 heteroatoms. The second-order valence-electron chi connectivity index (χ2n) is 8.15. The molecule has 0 aromatic carbocycles. The van der Waals surface area contributed by atoms with Crippen LogP contribution in [0.2, 0.25) is 0 Å². The summed E-state index contributed by atoms with van der Waals surface area (Å²) in [5.74, 6) is 5.40. The molecule has 0 aliphatic carbocycles. The molecule has 8 nitrogen and oxygen atoms in total. The Morgan fingerprint density at radius 1 is 1.30 bits per heavy atom.